The summed E-state index contributed by atoms with van der Waals surface area (Å²) in [6, 6.07) is 3.59. The number of hydrogen-bond donors (Lipinski definition) is 0. The third kappa shape index (κ3) is 2.64. The lowest BCUT2D eigenvalue weighted by Crippen LogP contribution is -2.46. The number of carbonyl (C=O) groups excluding carboxylic acids is 1. The average molecular weight is 234 g/mol. The molecule has 1 aliphatic rings. The molecule has 0 unspecified atom stereocenters. The van der Waals surface area contributed by atoms with Gasteiger partial charge in [0, 0.05) is 32.6 Å². The summed E-state index contributed by atoms with van der Waals surface area (Å²) in [5, 5.41) is 0. The normalized spacial score (nSPS) is 24.7. The fourth-order valence-electron chi connectivity index (χ4n) is 2.20. The maximum Gasteiger partial charge on any atom is 0.255 e. The Balaban J connectivity index is 2.06. The molecule has 2 rings (SSSR count). The number of nitrogens with zero attached hydrogens (tertiary/aromatic N) is 2. The molecular formula is C13H18N2O2. The summed E-state index contributed by atoms with van der Waals surface area (Å²) in [4.78, 5) is 18.0. The summed E-state index contributed by atoms with van der Waals surface area (Å²) < 4.78 is 5.41. The number of pyridine rings is 1. The minimum absolute atomic E-state index is 0.0482. The van der Waals surface area contributed by atoms with E-state index in [4.69, 9.17) is 4.74 Å². The van der Waals surface area contributed by atoms with Gasteiger partial charge in [0.2, 0.25) is 0 Å². The van der Waals surface area contributed by atoms with Crippen molar-refractivity contribution in [2.75, 3.05) is 20.2 Å². The summed E-state index contributed by atoms with van der Waals surface area (Å²) >= 11 is 0. The van der Waals surface area contributed by atoms with E-state index >= 15 is 0 Å². The summed E-state index contributed by atoms with van der Waals surface area (Å²) in [7, 11) is 1.71. The Bertz CT molecular complexity index is 380. The second kappa shape index (κ2) is 5.27. The highest BCUT2D eigenvalue weighted by molar-refractivity contribution is 5.93. The molecule has 17 heavy (non-hydrogen) atoms. The molecule has 0 bridgehead atoms. The molecule has 2 heterocycles. The molecule has 4 nitrogen and oxygen atoms in total. The van der Waals surface area contributed by atoms with Gasteiger partial charge in [-0.25, -0.2) is 0 Å². The van der Waals surface area contributed by atoms with E-state index in [-0.39, 0.29) is 12.0 Å². The minimum Gasteiger partial charge on any atom is -0.379 e. The Hall–Kier alpha value is -1.42. The predicted octanol–water partition coefficient (Wildman–Crippen LogP) is 1.58. The lowest BCUT2D eigenvalue weighted by Gasteiger charge is -2.36. The quantitative estimate of drug-likeness (QED) is 0.780. The van der Waals surface area contributed by atoms with Crippen LogP contribution in [0.5, 0.6) is 0 Å². The molecule has 4 heteroatoms. The number of methoxy groups -OCH3 is 1. The van der Waals surface area contributed by atoms with Crippen molar-refractivity contribution < 1.29 is 9.53 Å². The number of carbonyl (C=O) groups is 1. The van der Waals surface area contributed by atoms with Gasteiger partial charge in [-0.05, 0) is 24.5 Å². The number of piperidine rings is 1. The van der Waals surface area contributed by atoms with Gasteiger partial charge in [0.05, 0.1) is 11.7 Å². The van der Waals surface area contributed by atoms with Gasteiger partial charge < -0.3 is 9.64 Å². The molecule has 0 aliphatic carbocycles. The van der Waals surface area contributed by atoms with Crippen molar-refractivity contribution in [3.8, 4) is 0 Å². The molecule has 2 atom stereocenters. The van der Waals surface area contributed by atoms with E-state index in [1.165, 1.54) is 0 Å². The monoisotopic (exact) mass is 234 g/mol. The van der Waals surface area contributed by atoms with Gasteiger partial charge >= 0.3 is 0 Å². The van der Waals surface area contributed by atoms with Gasteiger partial charge in [-0.1, -0.05) is 6.92 Å². The molecule has 1 aromatic heterocycles. The Labute approximate surface area is 102 Å². The molecule has 0 N–H and O–H groups in total. The Morgan fingerprint density at radius 1 is 1.59 bits per heavy atom. The molecular weight excluding hydrogens is 216 g/mol. The first-order chi connectivity index (χ1) is 8.22. The van der Waals surface area contributed by atoms with Crippen LogP contribution in [0.3, 0.4) is 0 Å². The largest absolute Gasteiger partial charge is 0.379 e. The maximum atomic E-state index is 12.2. The van der Waals surface area contributed by atoms with E-state index in [0.29, 0.717) is 18.0 Å². The van der Waals surface area contributed by atoms with Gasteiger partial charge in [-0.2, -0.15) is 0 Å². The van der Waals surface area contributed by atoms with Crippen LogP contribution >= 0.6 is 0 Å². The van der Waals surface area contributed by atoms with Crippen LogP contribution in [0.2, 0.25) is 0 Å². The van der Waals surface area contributed by atoms with Gasteiger partial charge in [-0.15, -0.1) is 0 Å². The number of ether oxygens (including phenoxy) is 1. The van der Waals surface area contributed by atoms with Crippen molar-refractivity contribution in [1.29, 1.82) is 0 Å². The van der Waals surface area contributed by atoms with E-state index in [9.17, 15) is 4.79 Å². The lowest BCUT2D eigenvalue weighted by atomic mass is 9.95. The van der Waals surface area contributed by atoms with Gasteiger partial charge in [0.1, 0.15) is 0 Å². The number of rotatable bonds is 2. The van der Waals surface area contributed by atoms with Crippen LogP contribution in [0.4, 0.5) is 0 Å². The zero-order valence-corrected chi connectivity index (χ0v) is 10.3. The molecule has 0 spiro atoms. The summed E-state index contributed by atoms with van der Waals surface area (Å²) in [6.45, 7) is 3.64. The number of likely N-dealkylation sites (tertiary alicyclic amines) is 1. The van der Waals surface area contributed by atoms with Gasteiger partial charge in [-0.3, -0.25) is 9.78 Å². The topological polar surface area (TPSA) is 42.4 Å². The van der Waals surface area contributed by atoms with Crippen LogP contribution in [0.15, 0.2) is 24.5 Å². The van der Waals surface area contributed by atoms with Crippen LogP contribution in [0.25, 0.3) is 0 Å². The highest BCUT2D eigenvalue weighted by Crippen LogP contribution is 2.20. The third-order valence-electron chi connectivity index (χ3n) is 3.39. The smallest absolute Gasteiger partial charge is 0.255 e. The van der Waals surface area contributed by atoms with Crippen LogP contribution in [-0.4, -0.2) is 42.1 Å². The zero-order valence-electron chi connectivity index (χ0n) is 10.3. The molecule has 0 saturated carbocycles. The van der Waals surface area contributed by atoms with E-state index in [0.717, 1.165) is 13.0 Å². The van der Waals surface area contributed by atoms with Crippen LogP contribution in [0.1, 0.15) is 23.7 Å². The van der Waals surface area contributed by atoms with Crippen LogP contribution in [0, 0.1) is 5.92 Å². The van der Waals surface area contributed by atoms with Crippen molar-refractivity contribution in [2.45, 2.75) is 19.4 Å². The fourth-order valence-corrected chi connectivity index (χ4v) is 2.20. The lowest BCUT2D eigenvalue weighted by molar-refractivity contribution is -0.00158. The van der Waals surface area contributed by atoms with Crippen molar-refractivity contribution >= 4 is 5.91 Å². The second-order valence-corrected chi connectivity index (χ2v) is 4.53. The summed E-state index contributed by atoms with van der Waals surface area (Å²) in [5.74, 6) is 0.560. The fraction of sp³-hybridized carbons (Fsp3) is 0.538. The Morgan fingerprint density at radius 3 is 3.06 bits per heavy atom. The first-order valence-corrected chi connectivity index (χ1v) is 5.94. The van der Waals surface area contributed by atoms with E-state index in [2.05, 4.69) is 11.9 Å². The molecule has 1 fully saturated rings. The second-order valence-electron chi connectivity index (χ2n) is 4.53. The van der Waals surface area contributed by atoms with Crippen molar-refractivity contribution in [3.63, 3.8) is 0 Å². The third-order valence-corrected chi connectivity index (χ3v) is 3.39. The van der Waals surface area contributed by atoms with Gasteiger partial charge in [0.15, 0.2) is 0 Å². The molecule has 1 aliphatic heterocycles. The van der Waals surface area contributed by atoms with Gasteiger partial charge in [0.25, 0.3) is 5.91 Å². The SMILES string of the molecule is CO[C@H]1CN(C(=O)c2cccnc2)CC[C@H]1C. The van der Waals surface area contributed by atoms with E-state index < -0.39 is 0 Å². The summed E-state index contributed by atoms with van der Waals surface area (Å²) in [5.41, 5.74) is 0.650. The molecule has 0 aromatic carbocycles. The highest BCUT2D eigenvalue weighted by atomic mass is 16.5. The van der Waals surface area contributed by atoms with Crippen molar-refractivity contribution in [1.82, 2.24) is 9.88 Å². The molecule has 1 aromatic rings. The molecule has 1 saturated heterocycles. The maximum absolute atomic E-state index is 12.2. The molecule has 0 radical (unpaired) electrons. The number of amides is 1. The van der Waals surface area contributed by atoms with E-state index in [1.807, 2.05) is 4.90 Å². The Kier molecular flexibility index (Phi) is 3.74. The predicted molar refractivity (Wildman–Crippen MR) is 64.7 cm³/mol. The highest BCUT2D eigenvalue weighted by Gasteiger charge is 2.29. The molecule has 1 amide bonds. The first kappa shape index (κ1) is 12.0. The van der Waals surface area contributed by atoms with Crippen molar-refractivity contribution in [2.24, 2.45) is 5.92 Å². The molecule has 92 valence electrons. The average Bonchev–Trinajstić information content (AvgIpc) is 2.39. The minimum atomic E-state index is 0.0482. The van der Waals surface area contributed by atoms with E-state index in [1.54, 1.807) is 31.6 Å². The van der Waals surface area contributed by atoms with Crippen LogP contribution in [-0.2, 0) is 4.74 Å². The zero-order chi connectivity index (χ0) is 12.3. The number of aromatic nitrogens is 1. The van der Waals surface area contributed by atoms with Crippen LogP contribution < -0.4 is 0 Å². The first-order valence-electron chi connectivity index (χ1n) is 5.94. The summed E-state index contributed by atoms with van der Waals surface area (Å²) in [6.07, 6.45) is 4.42. The standard InChI is InChI=1S/C13H18N2O2/c1-10-5-7-15(9-12(10)17-2)13(16)11-4-3-6-14-8-11/h3-4,6,8,10,12H,5,7,9H2,1-2H3/t10-,12+/m1/s1. The Morgan fingerprint density at radius 2 is 2.41 bits per heavy atom. The van der Waals surface area contributed by atoms with Crippen molar-refractivity contribution in [3.05, 3.63) is 30.1 Å². The number of hydrogen-bond acceptors (Lipinski definition) is 3.